The summed E-state index contributed by atoms with van der Waals surface area (Å²) in [6, 6.07) is 0. The molecule has 0 spiro atoms. The fourth-order valence-corrected chi connectivity index (χ4v) is 12.0. The molecule has 0 aromatic heterocycles. The monoisotopic (exact) mass is 706 g/mol. The zero-order valence-corrected chi connectivity index (χ0v) is 25.8. The molecule has 9 aliphatic rings. The molecule has 0 radical (unpaired) electrons. The molecule has 8 bridgehead atoms. The molecule has 8 nitrogen and oxygen atoms in total. The van der Waals surface area contributed by atoms with Gasteiger partial charge < -0.3 is 0 Å². The number of nitrogens with one attached hydrogen (secondary N) is 8. The summed E-state index contributed by atoms with van der Waals surface area (Å²) < 4.78 is 0. The van der Waals surface area contributed by atoms with Gasteiger partial charge in [0.1, 0.15) is 0 Å². The average molecular weight is 707 g/mol. The molecular formula is C32H60ClInN8. The van der Waals surface area contributed by atoms with Crippen LogP contribution >= 0.6 is 12.4 Å². The first-order chi connectivity index (χ1) is 19.8. The standard InChI is InChI=1S/C32H56N8.ClH.In.3H/c1-2-10-18-17(9-1)25-33-26(18)38-28-21-13-5-6-14-22(21)30(35-28)40-32-24-16-8-7-15-23(24)31(36-32)39-29-20-12-4-3-11-19(20)27(34-29)37-25;;;;;/h17-40H,1-16H2;1H;;;;. The van der Waals surface area contributed by atoms with E-state index < -0.39 is 0 Å². The van der Waals surface area contributed by atoms with Gasteiger partial charge in [0.05, 0.1) is 49.3 Å². The third-order valence-electron chi connectivity index (χ3n) is 13.8. The maximum absolute atomic E-state index is 4.26. The molecule has 5 aliphatic heterocycles. The number of fused-ring (bicyclic) bond motifs is 20. The predicted octanol–water partition coefficient (Wildman–Crippen LogP) is 1.84. The van der Waals surface area contributed by atoms with Crippen LogP contribution in [0.3, 0.4) is 0 Å². The van der Waals surface area contributed by atoms with Crippen molar-refractivity contribution in [3.8, 4) is 0 Å². The third-order valence-corrected chi connectivity index (χ3v) is 13.8. The zero-order valence-electron chi connectivity index (χ0n) is 25.0. The summed E-state index contributed by atoms with van der Waals surface area (Å²) in [5.41, 5.74) is 0. The van der Waals surface area contributed by atoms with Gasteiger partial charge in [0.15, 0.2) is 0 Å². The first-order valence-electron chi connectivity index (χ1n) is 17.9. The predicted molar refractivity (Wildman–Crippen MR) is 174 cm³/mol. The molecule has 4 saturated carbocycles. The van der Waals surface area contributed by atoms with Gasteiger partial charge in [-0.25, -0.2) is 0 Å². The van der Waals surface area contributed by atoms with Crippen LogP contribution in [-0.2, 0) is 0 Å². The Bertz CT molecular complexity index is 723. The molecule has 8 unspecified atom stereocenters. The van der Waals surface area contributed by atoms with Crippen molar-refractivity contribution in [2.24, 2.45) is 47.3 Å². The summed E-state index contributed by atoms with van der Waals surface area (Å²) in [5.74, 6) is 5.97. The third kappa shape index (κ3) is 5.47. The van der Waals surface area contributed by atoms with E-state index in [1.165, 1.54) is 103 Å². The molecule has 238 valence electrons. The van der Waals surface area contributed by atoms with Gasteiger partial charge in [0.25, 0.3) is 0 Å². The zero-order chi connectivity index (χ0) is 26.2. The van der Waals surface area contributed by atoms with Gasteiger partial charge in [0, 0.05) is 0 Å². The molecular weight excluding hydrogens is 647 g/mol. The molecule has 0 amide bonds. The van der Waals surface area contributed by atoms with Crippen molar-refractivity contribution in [3.63, 3.8) is 0 Å². The molecule has 0 aromatic carbocycles. The molecule has 0 aromatic rings. The molecule has 10 heteroatoms. The molecule has 42 heavy (non-hydrogen) atoms. The summed E-state index contributed by atoms with van der Waals surface area (Å²) in [7, 11) is 0. The summed E-state index contributed by atoms with van der Waals surface area (Å²) in [5, 5.41) is 33.8. The van der Waals surface area contributed by atoms with Crippen LogP contribution in [0.4, 0.5) is 0 Å². The van der Waals surface area contributed by atoms with Crippen molar-refractivity contribution >= 4 is 38.3 Å². The molecule has 4 aliphatic carbocycles. The summed E-state index contributed by atoms with van der Waals surface area (Å²) >= 11 is 0. The Morgan fingerprint density at radius 3 is 0.476 bits per heavy atom. The van der Waals surface area contributed by atoms with E-state index in [0.717, 1.165) is 47.3 Å². The van der Waals surface area contributed by atoms with E-state index in [9.17, 15) is 0 Å². The van der Waals surface area contributed by atoms with Crippen LogP contribution in [0.2, 0.25) is 0 Å². The molecule has 8 atom stereocenters. The number of hydrogen-bond donors (Lipinski definition) is 8. The van der Waals surface area contributed by atoms with E-state index in [2.05, 4.69) is 42.5 Å². The fourth-order valence-electron chi connectivity index (χ4n) is 12.0. The maximum atomic E-state index is 4.26. The van der Waals surface area contributed by atoms with Crippen molar-refractivity contribution < 1.29 is 0 Å². The fraction of sp³-hybridized carbons (Fsp3) is 1.00. The Morgan fingerprint density at radius 2 is 0.357 bits per heavy atom. The van der Waals surface area contributed by atoms with Crippen molar-refractivity contribution in [1.29, 1.82) is 0 Å². The van der Waals surface area contributed by atoms with Gasteiger partial charge in [-0.3, -0.25) is 42.5 Å². The second-order valence-corrected chi connectivity index (χ2v) is 15.6. The Morgan fingerprint density at radius 1 is 0.238 bits per heavy atom. The van der Waals surface area contributed by atoms with Crippen LogP contribution in [0.25, 0.3) is 0 Å². The normalized spacial score (nSPS) is 54.9. The molecule has 9 rings (SSSR count). The van der Waals surface area contributed by atoms with E-state index in [1.807, 2.05) is 0 Å². The Labute approximate surface area is 278 Å². The van der Waals surface area contributed by atoms with Gasteiger partial charge in [0.2, 0.25) is 0 Å². The Hall–Kier alpha value is 0.840. The van der Waals surface area contributed by atoms with Gasteiger partial charge in [-0.05, 0) is 98.7 Å². The van der Waals surface area contributed by atoms with Gasteiger partial charge in [-0.15, -0.1) is 12.4 Å². The van der Waals surface area contributed by atoms with E-state index in [4.69, 9.17) is 0 Å². The van der Waals surface area contributed by atoms with Gasteiger partial charge >= 0.3 is 25.8 Å². The second kappa shape index (κ2) is 13.2. The minimum atomic E-state index is 0. The van der Waals surface area contributed by atoms with E-state index in [1.54, 1.807) is 0 Å². The van der Waals surface area contributed by atoms with Crippen LogP contribution in [-0.4, -0.2) is 75.2 Å². The molecule has 9 fully saturated rings. The SMILES string of the molecule is C1CCC2C3NC(NC4NC(NC5NC(NC6NC(N3)C3CCCCC63)C3CCCCC53)C3CCCCC43)C2C1.Cl.[InH3]. The minimum absolute atomic E-state index is 0. The average Bonchev–Trinajstić information content (AvgIpc) is 3.73. The molecule has 5 saturated heterocycles. The summed E-state index contributed by atoms with van der Waals surface area (Å²) in [6.45, 7) is 0. The first kappa shape index (κ1) is 31.4. The van der Waals surface area contributed by atoms with Crippen LogP contribution in [0, 0.1) is 47.3 Å². The van der Waals surface area contributed by atoms with Crippen LogP contribution in [0.5, 0.6) is 0 Å². The van der Waals surface area contributed by atoms with Crippen molar-refractivity contribution in [3.05, 3.63) is 0 Å². The van der Waals surface area contributed by atoms with E-state index in [-0.39, 0.29) is 38.3 Å². The molecule has 5 heterocycles. The summed E-state index contributed by atoms with van der Waals surface area (Å²) in [4.78, 5) is 0. The number of rotatable bonds is 0. The summed E-state index contributed by atoms with van der Waals surface area (Å²) in [6.07, 6.45) is 25.6. The van der Waals surface area contributed by atoms with Gasteiger partial charge in [-0.2, -0.15) is 0 Å². The van der Waals surface area contributed by atoms with Crippen molar-refractivity contribution in [2.75, 3.05) is 0 Å². The van der Waals surface area contributed by atoms with Crippen LogP contribution in [0.15, 0.2) is 0 Å². The second-order valence-electron chi connectivity index (χ2n) is 15.6. The van der Waals surface area contributed by atoms with Crippen molar-refractivity contribution in [1.82, 2.24) is 42.5 Å². The number of hydrogen-bond acceptors (Lipinski definition) is 8. The Kier molecular flexibility index (Phi) is 9.85. The van der Waals surface area contributed by atoms with E-state index >= 15 is 0 Å². The molecule has 8 N–H and O–H groups in total. The van der Waals surface area contributed by atoms with Gasteiger partial charge in [-0.1, -0.05) is 51.4 Å². The topological polar surface area (TPSA) is 96.2 Å². The van der Waals surface area contributed by atoms with Crippen LogP contribution in [0.1, 0.15) is 103 Å². The first-order valence-corrected chi connectivity index (χ1v) is 17.9. The number of halogens is 1. The Balaban J connectivity index is 0.00000144. The van der Waals surface area contributed by atoms with Crippen molar-refractivity contribution in [2.45, 2.75) is 152 Å². The van der Waals surface area contributed by atoms with E-state index in [0.29, 0.717) is 49.3 Å². The van der Waals surface area contributed by atoms with Crippen LogP contribution < -0.4 is 42.5 Å². The quantitative estimate of drug-likeness (QED) is 0.194.